The molecule has 0 amide bonds. The molecule has 0 spiro atoms. The first kappa shape index (κ1) is 14.2. The minimum Gasteiger partial charge on any atom is -0.489 e. The van der Waals surface area contributed by atoms with Gasteiger partial charge >= 0.3 is 0 Å². The maximum Gasteiger partial charge on any atom is 0.179 e. The maximum atomic E-state index is 6.27. The van der Waals surface area contributed by atoms with Gasteiger partial charge in [-0.3, -0.25) is 4.68 Å². The summed E-state index contributed by atoms with van der Waals surface area (Å²) < 4.78 is 13.1. The molecule has 0 saturated carbocycles. The van der Waals surface area contributed by atoms with Gasteiger partial charge < -0.3 is 14.8 Å². The van der Waals surface area contributed by atoms with Gasteiger partial charge in [0.2, 0.25) is 0 Å². The molecule has 2 heterocycles. The highest BCUT2D eigenvalue weighted by Crippen LogP contribution is 2.37. The predicted molar refractivity (Wildman–Crippen MR) is 80.8 cm³/mol. The fourth-order valence-corrected chi connectivity index (χ4v) is 2.59. The summed E-state index contributed by atoms with van der Waals surface area (Å²) in [4.78, 5) is 0. The SMILES string of the molecule is Cn1cc(CNCc2cc(Cl)c3c(c2)OCCCO3)cn1. The molecule has 1 aliphatic rings. The second-order valence-corrected chi connectivity index (χ2v) is 5.49. The molecule has 1 N–H and O–H groups in total. The van der Waals surface area contributed by atoms with E-state index in [2.05, 4.69) is 10.4 Å². The van der Waals surface area contributed by atoms with Crippen LogP contribution in [0.4, 0.5) is 0 Å². The molecule has 0 saturated heterocycles. The molecule has 0 atom stereocenters. The van der Waals surface area contributed by atoms with Gasteiger partial charge in [-0.2, -0.15) is 5.10 Å². The van der Waals surface area contributed by atoms with E-state index in [1.807, 2.05) is 31.6 Å². The third-order valence-corrected chi connectivity index (χ3v) is 3.56. The lowest BCUT2D eigenvalue weighted by atomic mass is 10.2. The first-order valence-electron chi connectivity index (χ1n) is 6.98. The average Bonchev–Trinajstić information content (AvgIpc) is 2.73. The van der Waals surface area contributed by atoms with Crippen LogP contribution in [0, 0.1) is 0 Å². The molecule has 0 bridgehead atoms. The number of hydrogen-bond acceptors (Lipinski definition) is 4. The van der Waals surface area contributed by atoms with Crippen molar-refractivity contribution in [1.29, 1.82) is 0 Å². The smallest absolute Gasteiger partial charge is 0.179 e. The van der Waals surface area contributed by atoms with E-state index in [0.717, 1.165) is 29.8 Å². The fraction of sp³-hybridized carbons (Fsp3) is 0.400. The topological polar surface area (TPSA) is 48.3 Å². The van der Waals surface area contributed by atoms with Crippen LogP contribution in [0.1, 0.15) is 17.5 Å². The number of ether oxygens (including phenoxy) is 2. The van der Waals surface area contributed by atoms with Crippen LogP contribution < -0.4 is 14.8 Å². The average molecular weight is 308 g/mol. The molecule has 0 radical (unpaired) electrons. The second-order valence-electron chi connectivity index (χ2n) is 5.08. The zero-order chi connectivity index (χ0) is 14.7. The second kappa shape index (κ2) is 6.37. The first-order valence-corrected chi connectivity index (χ1v) is 7.36. The standard InChI is InChI=1S/C15H18ClN3O2/c1-19-10-12(9-18-19)8-17-7-11-5-13(16)15-14(6-11)20-3-2-4-21-15/h5-6,9-10,17H,2-4,7-8H2,1H3. The van der Waals surface area contributed by atoms with E-state index < -0.39 is 0 Å². The van der Waals surface area contributed by atoms with Gasteiger partial charge in [-0.05, 0) is 17.7 Å². The van der Waals surface area contributed by atoms with Crippen molar-refractivity contribution in [3.8, 4) is 11.5 Å². The summed E-state index contributed by atoms with van der Waals surface area (Å²) in [5, 5.41) is 8.12. The lowest BCUT2D eigenvalue weighted by Gasteiger charge is -2.12. The summed E-state index contributed by atoms with van der Waals surface area (Å²) in [7, 11) is 1.91. The van der Waals surface area contributed by atoms with Crippen LogP contribution in [0.15, 0.2) is 24.5 Å². The molecule has 0 fully saturated rings. The Morgan fingerprint density at radius 1 is 1.24 bits per heavy atom. The van der Waals surface area contributed by atoms with Crippen molar-refractivity contribution < 1.29 is 9.47 Å². The van der Waals surface area contributed by atoms with Gasteiger partial charge in [-0.15, -0.1) is 0 Å². The van der Waals surface area contributed by atoms with Crippen molar-refractivity contribution in [2.45, 2.75) is 19.5 Å². The van der Waals surface area contributed by atoms with Crippen molar-refractivity contribution >= 4 is 11.6 Å². The third kappa shape index (κ3) is 3.49. The molecule has 3 rings (SSSR count). The predicted octanol–water partition coefficient (Wildman–Crippen LogP) is 2.52. The molecule has 1 aromatic heterocycles. The van der Waals surface area contributed by atoms with Crippen molar-refractivity contribution in [2.75, 3.05) is 13.2 Å². The highest BCUT2D eigenvalue weighted by Gasteiger charge is 2.15. The van der Waals surface area contributed by atoms with Crippen LogP contribution in [-0.2, 0) is 20.1 Å². The van der Waals surface area contributed by atoms with Gasteiger partial charge in [0, 0.05) is 38.3 Å². The number of benzene rings is 1. The number of aromatic nitrogens is 2. The summed E-state index contributed by atoms with van der Waals surface area (Å²) in [6.07, 6.45) is 4.72. The number of hydrogen-bond donors (Lipinski definition) is 1. The molecule has 21 heavy (non-hydrogen) atoms. The summed E-state index contributed by atoms with van der Waals surface area (Å²) in [6.45, 7) is 2.78. The minimum atomic E-state index is 0.604. The van der Waals surface area contributed by atoms with Gasteiger partial charge in [-0.25, -0.2) is 0 Å². The molecule has 2 aromatic rings. The quantitative estimate of drug-likeness (QED) is 0.943. The molecular formula is C15H18ClN3O2. The Bertz CT molecular complexity index is 627. The van der Waals surface area contributed by atoms with Crippen molar-refractivity contribution in [3.05, 3.63) is 40.7 Å². The summed E-state index contributed by atoms with van der Waals surface area (Å²) in [5.41, 5.74) is 2.23. The largest absolute Gasteiger partial charge is 0.489 e. The number of fused-ring (bicyclic) bond motifs is 1. The number of nitrogens with one attached hydrogen (secondary N) is 1. The minimum absolute atomic E-state index is 0.604. The molecule has 1 aromatic carbocycles. The van der Waals surface area contributed by atoms with Crippen LogP contribution in [0.25, 0.3) is 0 Å². The van der Waals surface area contributed by atoms with Gasteiger partial charge in [-0.1, -0.05) is 11.6 Å². The first-order chi connectivity index (χ1) is 10.2. The van der Waals surface area contributed by atoms with Crippen molar-refractivity contribution in [2.24, 2.45) is 7.05 Å². The molecular weight excluding hydrogens is 290 g/mol. The maximum absolute atomic E-state index is 6.27. The van der Waals surface area contributed by atoms with E-state index in [9.17, 15) is 0 Å². The Hall–Kier alpha value is -1.72. The summed E-state index contributed by atoms with van der Waals surface area (Å²) in [5.74, 6) is 1.39. The zero-order valence-electron chi connectivity index (χ0n) is 11.9. The van der Waals surface area contributed by atoms with Crippen molar-refractivity contribution in [1.82, 2.24) is 15.1 Å². The van der Waals surface area contributed by atoms with Gasteiger partial charge in [0.25, 0.3) is 0 Å². The highest BCUT2D eigenvalue weighted by atomic mass is 35.5. The number of aryl methyl sites for hydroxylation is 1. The summed E-state index contributed by atoms with van der Waals surface area (Å²) in [6, 6.07) is 3.91. The Morgan fingerprint density at radius 3 is 2.86 bits per heavy atom. The Labute approximate surface area is 128 Å². The Kier molecular flexibility index (Phi) is 4.31. The molecule has 1 aliphatic heterocycles. The number of nitrogens with zero attached hydrogens (tertiary/aromatic N) is 2. The molecule has 0 unspecified atom stereocenters. The lowest BCUT2D eigenvalue weighted by Crippen LogP contribution is -2.12. The third-order valence-electron chi connectivity index (χ3n) is 3.28. The van der Waals surface area contributed by atoms with E-state index in [1.54, 1.807) is 4.68 Å². The van der Waals surface area contributed by atoms with Crippen LogP contribution in [0.5, 0.6) is 11.5 Å². The van der Waals surface area contributed by atoms with Crippen LogP contribution in [-0.4, -0.2) is 23.0 Å². The van der Waals surface area contributed by atoms with Crippen molar-refractivity contribution in [3.63, 3.8) is 0 Å². The fourth-order valence-electron chi connectivity index (χ4n) is 2.30. The monoisotopic (exact) mass is 307 g/mol. The molecule has 112 valence electrons. The number of rotatable bonds is 4. The highest BCUT2D eigenvalue weighted by molar-refractivity contribution is 6.32. The van der Waals surface area contributed by atoms with Crippen LogP contribution in [0.3, 0.4) is 0 Å². The van der Waals surface area contributed by atoms with E-state index in [1.165, 1.54) is 0 Å². The normalized spacial score (nSPS) is 14.0. The van der Waals surface area contributed by atoms with E-state index in [0.29, 0.717) is 30.5 Å². The lowest BCUT2D eigenvalue weighted by molar-refractivity contribution is 0.297. The Balaban J connectivity index is 1.65. The zero-order valence-corrected chi connectivity index (χ0v) is 12.7. The van der Waals surface area contributed by atoms with Gasteiger partial charge in [0.05, 0.1) is 24.4 Å². The van der Waals surface area contributed by atoms with Crippen LogP contribution in [0.2, 0.25) is 5.02 Å². The molecule has 5 nitrogen and oxygen atoms in total. The summed E-state index contributed by atoms with van der Waals surface area (Å²) >= 11 is 6.27. The van der Waals surface area contributed by atoms with Gasteiger partial charge in [0.15, 0.2) is 11.5 Å². The molecule has 0 aliphatic carbocycles. The van der Waals surface area contributed by atoms with E-state index in [-0.39, 0.29) is 0 Å². The van der Waals surface area contributed by atoms with E-state index >= 15 is 0 Å². The Morgan fingerprint density at radius 2 is 2.05 bits per heavy atom. The molecule has 6 heteroatoms. The number of halogens is 1. The van der Waals surface area contributed by atoms with E-state index in [4.69, 9.17) is 21.1 Å². The van der Waals surface area contributed by atoms with Crippen LogP contribution >= 0.6 is 11.6 Å². The van der Waals surface area contributed by atoms with Gasteiger partial charge in [0.1, 0.15) is 0 Å².